The number of nitrogens with zero attached hydrogens (tertiary/aromatic N) is 3. The molecule has 25 heavy (non-hydrogen) atoms. The van der Waals surface area contributed by atoms with Crippen molar-refractivity contribution in [3.63, 3.8) is 0 Å². The van der Waals surface area contributed by atoms with Crippen LogP contribution in [-0.2, 0) is 11.3 Å². The van der Waals surface area contributed by atoms with E-state index in [-0.39, 0.29) is 12.1 Å². The van der Waals surface area contributed by atoms with E-state index in [2.05, 4.69) is 14.9 Å². The maximum atomic E-state index is 5.61. The lowest BCUT2D eigenvalue weighted by Crippen LogP contribution is -2.26. The van der Waals surface area contributed by atoms with Crippen LogP contribution in [0.2, 0.25) is 0 Å². The van der Waals surface area contributed by atoms with Crippen LogP contribution in [0.3, 0.4) is 0 Å². The molecule has 7 nitrogen and oxygen atoms in total. The number of rotatable bonds is 6. The summed E-state index contributed by atoms with van der Waals surface area (Å²) in [4.78, 5) is 14.9. The van der Waals surface area contributed by atoms with Crippen molar-refractivity contribution in [2.45, 2.75) is 39.0 Å². The van der Waals surface area contributed by atoms with Gasteiger partial charge in [-0.05, 0) is 20.3 Å². The lowest BCUT2D eigenvalue weighted by Gasteiger charge is -2.23. The average Bonchev–Trinajstić information content (AvgIpc) is 3.17. The van der Waals surface area contributed by atoms with E-state index < -0.39 is 0 Å². The van der Waals surface area contributed by atoms with Crippen LogP contribution in [0, 0.1) is 13.8 Å². The third-order valence-corrected chi connectivity index (χ3v) is 4.88. The Labute approximate surface area is 148 Å². The van der Waals surface area contributed by atoms with E-state index in [1.165, 1.54) is 0 Å². The molecule has 0 bridgehead atoms. The Hall–Kier alpha value is -2.12. The molecule has 0 radical (unpaired) electrons. The number of imidazole rings is 1. The molecule has 2 aromatic rings. The largest absolute Gasteiger partial charge is 0.493 e. The Balaban J connectivity index is 1.89. The number of aromatic nitrogens is 3. The van der Waals surface area contributed by atoms with E-state index in [0.717, 1.165) is 35.9 Å². The van der Waals surface area contributed by atoms with Crippen LogP contribution < -0.4 is 9.47 Å². The highest BCUT2D eigenvalue weighted by Crippen LogP contribution is 2.36. The molecule has 1 fully saturated rings. The average molecular weight is 346 g/mol. The summed E-state index contributed by atoms with van der Waals surface area (Å²) < 4.78 is 16.5. The molecule has 0 aromatic carbocycles. The number of likely N-dealkylation sites (tertiary alicyclic amines) is 1. The van der Waals surface area contributed by atoms with Gasteiger partial charge in [-0.2, -0.15) is 0 Å². The number of nitrogens with one attached hydrogen (secondary N) is 1. The fourth-order valence-corrected chi connectivity index (χ4v) is 3.38. The molecule has 1 N–H and O–H groups in total. The van der Waals surface area contributed by atoms with Gasteiger partial charge < -0.3 is 19.2 Å². The number of aromatic amines is 1. The van der Waals surface area contributed by atoms with Gasteiger partial charge in [0.1, 0.15) is 11.5 Å². The molecule has 1 aliphatic rings. The minimum absolute atomic E-state index is 0.162. The highest BCUT2D eigenvalue weighted by molar-refractivity contribution is 5.42. The molecule has 7 heteroatoms. The first-order valence-corrected chi connectivity index (χ1v) is 8.43. The van der Waals surface area contributed by atoms with Crippen LogP contribution in [0.15, 0.2) is 12.3 Å². The van der Waals surface area contributed by atoms with Crippen LogP contribution in [0.4, 0.5) is 0 Å². The monoisotopic (exact) mass is 346 g/mol. The number of hydrogen-bond donors (Lipinski definition) is 1. The number of methoxy groups -OCH3 is 3. The molecule has 0 aliphatic carbocycles. The first kappa shape index (κ1) is 17.7. The Bertz CT molecular complexity index is 712. The fourth-order valence-electron chi connectivity index (χ4n) is 3.38. The maximum absolute atomic E-state index is 5.61. The Kier molecular flexibility index (Phi) is 5.24. The van der Waals surface area contributed by atoms with Crippen molar-refractivity contribution >= 4 is 0 Å². The van der Waals surface area contributed by atoms with Gasteiger partial charge in [0.15, 0.2) is 11.5 Å². The van der Waals surface area contributed by atoms with Crippen molar-refractivity contribution in [3.8, 4) is 11.5 Å². The van der Waals surface area contributed by atoms with Crippen molar-refractivity contribution < 1.29 is 14.2 Å². The Morgan fingerprint density at radius 1 is 1.24 bits per heavy atom. The standard InChI is InChI=1S/C18H26N4O3/c1-11-12(2)21-18(20-11)15-8-13(23-3)9-22(15)10-14-17(25-5)16(24-4)6-7-19-14/h6-7,13,15H,8-10H2,1-5H3,(H,20,21)/t13-,15+/m1/s1. The molecule has 2 aromatic heterocycles. The normalized spacial score (nSPS) is 20.8. The summed E-state index contributed by atoms with van der Waals surface area (Å²) in [5.41, 5.74) is 2.99. The third-order valence-electron chi connectivity index (χ3n) is 4.88. The zero-order chi connectivity index (χ0) is 18.0. The van der Waals surface area contributed by atoms with Gasteiger partial charge in [0.25, 0.3) is 0 Å². The lowest BCUT2D eigenvalue weighted by atomic mass is 10.2. The molecule has 136 valence electrons. The summed E-state index contributed by atoms with van der Waals surface area (Å²) in [5.74, 6) is 2.35. The molecular formula is C18H26N4O3. The summed E-state index contributed by atoms with van der Waals surface area (Å²) in [5, 5.41) is 0. The van der Waals surface area contributed by atoms with Crippen molar-refractivity contribution in [2.24, 2.45) is 0 Å². The molecule has 0 spiro atoms. The number of aryl methyl sites for hydroxylation is 2. The van der Waals surface area contributed by atoms with Gasteiger partial charge in [-0.1, -0.05) is 0 Å². The van der Waals surface area contributed by atoms with Crippen molar-refractivity contribution in [1.29, 1.82) is 0 Å². The third kappa shape index (κ3) is 3.48. The van der Waals surface area contributed by atoms with Gasteiger partial charge >= 0.3 is 0 Å². The second kappa shape index (κ2) is 7.41. The van der Waals surface area contributed by atoms with Crippen LogP contribution >= 0.6 is 0 Å². The molecule has 0 amide bonds. The van der Waals surface area contributed by atoms with Gasteiger partial charge in [0.2, 0.25) is 0 Å². The van der Waals surface area contributed by atoms with E-state index in [9.17, 15) is 0 Å². The predicted octanol–water partition coefficient (Wildman–Crippen LogP) is 2.40. The SMILES string of the molecule is COc1ccnc(CN2C[C@H](OC)C[C@H]2c2nc(C)c(C)[nH]2)c1OC. The molecule has 0 unspecified atom stereocenters. The van der Waals surface area contributed by atoms with E-state index in [1.54, 1.807) is 33.6 Å². The Morgan fingerprint density at radius 3 is 2.64 bits per heavy atom. The second-order valence-corrected chi connectivity index (χ2v) is 6.36. The van der Waals surface area contributed by atoms with Crippen LogP contribution in [0.25, 0.3) is 0 Å². The molecule has 0 saturated carbocycles. The predicted molar refractivity (Wildman–Crippen MR) is 94.0 cm³/mol. The first-order chi connectivity index (χ1) is 12.1. The van der Waals surface area contributed by atoms with E-state index in [0.29, 0.717) is 18.0 Å². The molecule has 1 saturated heterocycles. The molecule has 3 heterocycles. The van der Waals surface area contributed by atoms with Crippen LogP contribution in [0.1, 0.15) is 35.4 Å². The van der Waals surface area contributed by atoms with Gasteiger partial charge in [0, 0.05) is 38.2 Å². The lowest BCUT2D eigenvalue weighted by molar-refractivity contribution is 0.107. The summed E-state index contributed by atoms with van der Waals surface area (Å²) in [7, 11) is 5.03. The topological polar surface area (TPSA) is 72.5 Å². The molecule has 2 atom stereocenters. The highest BCUT2D eigenvalue weighted by atomic mass is 16.5. The summed E-state index contributed by atoms with van der Waals surface area (Å²) in [6.45, 7) is 5.53. The zero-order valence-corrected chi connectivity index (χ0v) is 15.5. The van der Waals surface area contributed by atoms with Crippen molar-refractivity contribution in [3.05, 3.63) is 35.2 Å². The van der Waals surface area contributed by atoms with Gasteiger partial charge in [-0.3, -0.25) is 9.88 Å². The number of pyridine rings is 1. The minimum atomic E-state index is 0.162. The van der Waals surface area contributed by atoms with E-state index in [1.807, 2.05) is 13.8 Å². The van der Waals surface area contributed by atoms with Gasteiger partial charge in [-0.25, -0.2) is 4.98 Å². The minimum Gasteiger partial charge on any atom is -0.493 e. The number of ether oxygens (including phenoxy) is 3. The Morgan fingerprint density at radius 2 is 2.04 bits per heavy atom. The van der Waals surface area contributed by atoms with Gasteiger partial charge in [-0.15, -0.1) is 0 Å². The van der Waals surface area contributed by atoms with E-state index in [4.69, 9.17) is 19.2 Å². The van der Waals surface area contributed by atoms with Crippen LogP contribution in [0.5, 0.6) is 11.5 Å². The molecule has 3 rings (SSSR count). The quantitative estimate of drug-likeness (QED) is 0.866. The van der Waals surface area contributed by atoms with Gasteiger partial charge in [0.05, 0.1) is 32.1 Å². The van der Waals surface area contributed by atoms with Crippen molar-refractivity contribution in [2.75, 3.05) is 27.9 Å². The smallest absolute Gasteiger partial charge is 0.183 e. The number of H-pyrrole nitrogens is 1. The van der Waals surface area contributed by atoms with E-state index >= 15 is 0 Å². The fraction of sp³-hybridized carbons (Fsp3) is 0.556. The van der Waals surface area contributed by atoms with Crippen LogP contribution in [-0.4, -0.2) is 53.8 Å². The first-order valence-electron chi connectivity index (χ1n) is 8.43. The maximum Gasteiger partial charge on any atom is 0.183 e. The highest BCUT2D eigenvalue weighted by Gasteiger charge is 2.36. The number of hydrogen-bond acceptors (Lipinski definition) is 6. The summed E-state index contributed by atoms with van der Waals surface area (Å²) in [6.07, 6.45) is 2.82. The van der Waals surface area contributed by atoms with Crippen molar-refractivity contribution in [1.82, 2.24) is 19.9 Å². The zero-order valence-electron chi connectivity index (χ0n) is 15.5. The molecular weight excluding hydrogens is 320 g/mol. The second-order valence-electron chi connectivity index (χ2n) is 6.36. The summed E-state index contributed by atoms with van der Waals surface area (Å²) >= 11 is 0. The summed E-state index contributed by atoms with van der Waals surface area (Å²) in [6, 6.07) is 1.97. The molecule has 1 aliphatic heterocycles.